The van der Waals surface area contributed by atoms with E-state index in [0.29, 0.717) is 36.3 Å². The maximum Gasteiger partial charge on any atom is 0.185 e. The molecule has 0 fully saturated rings. The van der Waals surface area contributed by atoms with Gasteiger partial charge in [-0.15, -0.1) is 0 Å². The highest BCUT2D eigenvalue weighted by Crippen LogP contribution is 2.42. The fourth-order valence-electron chi connectivity index (χ4n) is 4.57. The van der Waals surface area contributed by atoms with Crippen LogP contribution in [-0.2, 0) is 6.54 Å². The number of aliphatic hydroxyl groups excluding tert-OH is 1. The number of hydrogen-bond acceptors (Lipinski definition) is 6. The smallest absolute Gasteiger partial charge is 0.185 e. The van der Waals surface area contributed by atoms with Crippen LogP contribution in [0.1, 0.15) is 45.6 Å². The molecule has 2 N–H and O–H groups in total. The second-order valence-electron chi connectivity index (χ2n) is 7.79. The van der Waals surface area contributed by atoms with Crippen LogP contribution in [-0.4, -0.2) is 51.1 Å². The summed E-state index contributed by atoms with van der Waals surface area (Å²) in [5.74, 6) is -0.264. The van der Waals surface area contributed by atoms with Crippen molar-refractivity contribution in [3.8, 4) is 0 Å². The number of Topliss-reactive ketones (excluding diaryl/α,β-unsaturated/α-hetero) is 1. The zero-order valence-corrected chi connectivity index (χ0v) is 16.8. The molecule has 2 aromatic carbocycles. The Labute approximate surface area is 178 Å². The van der Waals surface area contributed by atoms with E-state index in [4.69, 9.17) is 0 Å². The van der Waals surface area contributed by atoms with Gasteiger partial charge in [0.05, 0.1) is 11.6 Å². The number of benzene rings is 2. The number of rotatable bonds is 5. The molecule has 5 rings (SSSR count). The van der Waals surface area contributed by atoms with E-state index in [9.17, 15) is 14.3 Å². The first kappa shape index (κ1) is 19.6. The van der Waals surface area contributed by atoms with E-state index in [0.717, 1.165) is 17.1 Å². The van der Waals surface area contributed by atoms with Gasteiger partial charge in [0, 0.05) is 42.4 Å². The number of carbonyl (C=O) groups is 1. The van der Waals surface area contributed by atoms with Gasteiger partial charge in [0.2, 0.25) is 0 Å². The van der Waals surface area contributed by atoms with Crippen LogP contribution in [0.2, 0.25) is 0 Å². The Bertz CT molecular complexity index is 1160. The summed E-state index contributed by atoms with van der Waals surface area (Å²) in [7, 11) is 0. The predicted molar refractivity (Wildman–Crippen MR) is 114 cm³/mol. The number of nitrogens with one attached hydrogen (secondary N) is 1. The third-order valence-electron chi connectivity index (χ3n) is 5.94. The molecule has 2 atom stereocenters. The van der Waals surface area contributed by atoms with E-state index in [1.165, 1.54) is 18.5 Å². The van der Waals surface area contributed by atoms with Crippen molar-refractivity contribution >= 4 is 17.2 Å². The van der Waals surface area contributed by atoms with Crippen LogP contribution >= 0.6 is 0 Å². The molecule has 0 spiro atoms. The summed E-state index contributed by atoms with van der Waals surface area (Å²) in [5, 5.41) is 17.0. The standard InChI is InChI=1S/C23H22FN5O2/c24-15-9-16-19(31)12-26-22-20(16)18(10-15)25-11-17(14-5-2-1-3-6-14)21(22)23-27-13-28-29(23)7-4-8-30/h1-3,5-6,9-10,13,17,21,25,30H,4,7-8,11-12H2. The first-order chi connectivity index (χ1) is 15.2. The molecule has 8 heteroatoms. The number of aromatic nitrogens is 3. The van der Waals surface area contributed by atoms with Crippen LogP contribution in [0.15, 0.2) is 53.8 Å². The minimum atomic E-state index is -0.448. The topological polar surface area (TPSA) is 92.4 Å². The maximum atomic E-state index is 14.3. The molecule has 0 radical (unpaired) electrons. The Kier molecular flexibility index (Phi) is 5.07. The molecule has 7 nitrogen and oxygen atoms in total. The second-order valence-corrected chi connectivity index (χ2v) is 7.79. The third kappa shape index (κ3) is 3.42. The fraction of sp³-hybridized carbons (Fsp3) is 0.304. The Balaban J connectivity index is 1.72. The van der Waals surface area contributed by atoms with Crippen LogP contribution < -0.4 is 5.32 Å². The summed E-state index contributed by atoms with van der Waals surface area (Å²) < 4.78 is 16.1. The summed E-state index contributed by atoms with van der Waals surface area (Å²) in [5.41, 5.74) is 3.39. The van der Waals surface area contributed by atoms with Gasteiger partial charge in [0.1, 0.15) is 24.5 Å². The first-order valence-corrected chi connectivity index (χ1v) is 10.4. The normalized spacial score (nSPS) is 19.9. The highest BCUT2D eigenvalue weighted by molar-refractivity contribution is 6.20. The van der Waals surface area contributed by atoms with Crippen molar-refractivity contribution in [1.29, 1.82) is 0 Å². The van der Waals surface area contributed by atoms with E-state index >= 15 is 0 Å². The van der Waals surface area contributed by atoms with Gasteiger partial charge in [0.25, 0.3) is 0 Å². The average Bonchev–Trinajstić information content (AvgIpc) is 3.18. The zero-order chi connectivity index (χ0) is 21.4. The SMILES string of the molecule is O=C1CN=C2c3c(cc(F)cc31)NCC(c1ccccc1)C2c1ncnn1CCCO. The molecule has 3 heterocycles. The van der Waals surface area contributed by atoms with Gasteiger partial charge in [-0.2, -0.15) is 5.10 Å². The molecule has 31 heavy (non-hydrogen) atoms. The summed E-state index contributed by atoms with van der Waals surface area (Å²) in [6.45, 7) is 1.07. The zero-order valence-electron chi connectivity index (χ0n) is 16.8. The Hall–Kier alpha value is -3.39. The van der Waals surface area contributed by atoms with Crippen LogP contribution in [0.25, 0.3) is 0 Å². The molecule has 158 valence electrons. The number of aliphatic hydroxyl groups is 1. The van der Waals surface area contributed by atoms with Crippen molar-refractivity contribution in [1.82, 2.24) is 14.8 Å². The molecule has 2 aliphatic heterocycles. The van der Waals surface area contributed by atoms with Gasteiger partial charge < -0.3 is 10.4 Å². The number of aryl methyl sites for hydroxylation is 1. The summed E-state index contributed by atoms with van der Waals surface area (Å²) >= 11 is 0. The van der Waals surface area contributed by atoms with Crippen molar-refractivity contribution < 1.29 is 14.3 Å². The molecule has 0 saturated heterocycles. The predicted octanol–water partition coefficient (Wildman–Crippen LogP) is 2.78. The van der Waals surface area contributed by atoms with Crippen molar-refractivity contribution in [2.75, 3.05) is 25.0 Å². The van der Waals surface area contributed by atoms with Crippen molar-refractivity contribution in [3.05, 3.63) is 77.1 Å². The average molecular weight is 419 g/mol. The molecule has 2 aliphatic rings. The maximum absolute atomic E-state index is 14.3. The molecule has 0 saturated carbocycles. The molecular weight excluding hydrogens is 397 g/mol. The van der Waals surface area contributed by atoms with Gasteiger partial charge in [-0.1, -0.05) is 30.3 Å². The van der Waals surface area contributed by atoms with Gasteiger partial charge in [-0.25, -0.2) is 14.1 Å². The molecule has 2 unspecified atom stereocenters. The molecular formula is C23H22FN5O2. The minimum Gasteiger partial charge on any atom is -0.396 e. The number of carbonyl (C=O) groups excluding carboxylic acids is 1. The van der Waals surface area contributed by atoms with Gasteiger partial charge in [0.15, 0.2) is 5.78 Å². The summed E-state index contributed by atoms with van der Waals surface area (Å²) in [6, 6.07) is 12.8. The van der Waals surface area contributed by atoms with Crippen molar-refractivity contribution in [2.45, 2.75) is 24.8 Å². The minimum absolute atomic E-state index is 0.0198. The van der Waals surface area contributed by atoms with Gasteiger partial charge in [-0.05, 0) is 24.1 Å². The van der Waals surface area contributed by atoms with Gasteiger partial charge >= 0.3 is 0 Å². The monoisotopic (exact) mass is 419 g/mol. The third-order valence-corrected chi connectivity index (χ3v) is 5.94. The van der Waals surface area contributed by atoms with E-state index in [-0.39, 0.29) is 30.8 Å². The van der Waals surface area contributed by atoms with Gasteiger partial charge in [-0.3, -0.25) is 9.79 Å². The summed E-state index contributed by atoms with van der Waals surface area (Å²) in [4.78, 5) is 21.8. The van der Waals surface area contributed by atoms with E-state index in [2.05, 4.69) is 32.5 Å². The van der Waals surface area contributed by atoms with E-state index in [1.807, 2.05) is 18.2 Å². The molecule has 0 amide bonds. The number of aliphatic imine (C=N–C) groups is 1. The Morgan fingerprint density at radius 2 is 2.06 bits per heavy atom. The fourth-order valence-corrected chi connectivity index (χ4v) is 4.57. The van der Waals surface area contributed by atoms with Crippen molar-refractivity contribution in [2.24, 2.45) is 4.99 Å². The molecule has 0 bridgehead atoms. The van der Waals surface area contributed by atoms with Crippen LogP contribution in [0.3, 0.4) is 0 Å². The Morgan fingerprint density at radius 3 is 2.87 bits per heavy atom. The molecule has 3 aromatic rings. The van der Waals surface area contributed by atoms with Crippen molar-refractivity contribution in [3.63, 3.8) is 0 Å². The summed E-state index contributed by atoms with van der Waals surface area (Å²) in [6.07, 6.45) is 2.06. The lowest BCUT2D eigenvalue weighted by atomic mass is 9.78. The largest absolute Gasteiger partial charge is 0.396 e. The lowest BCUT2D eigenvalue weighted by Crippen LogP contribution is -2.30. The lowest BCUT2D eigenvalue weighted by Gasteiger charge is -2.28. The Morgan fingerprint density at radius 1 is 1.23 bits per heavy atom. The molecule has 1 aromatic heterocycles. The highest BCUT2D eigenvalue weighted by Gasteiger charge is 2.40. The number of ketones is 1. The van der Waals surface area contributed by atoms with Crippen LogP contribution in [0, 0.1) is 5.82 Å². The van der Waals surface area contributed by atoms with Crippen LogP contribution in [0.4, 0.5) is 10.1 Å². The molecule has 0 aliphatic carbocycles. The second kappa shape index (κ2) is 8.03. The number of nitrogens with zero attached hydrogens (tertiary/aromatic N) is 4. The number of hydrogen-bond donors (Lipinski definition) is 2. The van der Waals surface area contributed by atoms with Crippen LogP contribution in [0.5, 0.6) is 0 Å². The number of halogens is 1. The van der Waals surface area contributed by atoms with E-state index < -0.39 is 5.82 Å². The van der Waals surface area contributed by atoms with E-state index in [1.54, 1.807) is 4.68 Å². The highest BCUT2D eigenvalue weighted by atomic mass is 19.1. The lowest BCUT2D eigenvalue weighted by molar-refractivity contribution is 0.0999. The number of anilines is 1. The quantitative estimate of drug-likeness (QED) is 0.664. The first-order valence-electron chi connectivity index (χ1n) is 10.4.